The fourth-order valence-corrected chi connectivity index (χ4v) is 2.59. The number of alkyl halides is 2. The first-order chi connectivity index (χ1) is 11.8. The van der Waals surface area contributed by atoms with E-state index in [9.17, 15) is 13.9 Å². The average molecular weight is 367 g/mol. The molecule has 0 saturated carbocycles. The molecule has 134 valence electrons. The molecule has 2 aromatic rings. The quantitative estimate of drug-likeness (QED) is 0.620. The van der Waals surface area contributed by atoms with E-state index >= 15 is 0 Å². The summed E-state index contributed by atoms with van der Waals surface area (Å²) in [5, 5.41) is 10.5. The van der Waals surface area contributed by atoms with E-state index in [0.717, 1.165) is 5.56 Å². The lowest BCUT2D eigenvalue weighted by molar-refractivity contribution is -0.200. The fraction of sp³-hybridized carbons (Fsp3) is 0.300. The molecule has 0 heterocycles. The molecule has 0 unspecified atom stereocenters. The van der Waals surface area contributed by atoms with Crippen molar-refractivity contribution in [3.05, 3.63) is 82.9 Å². The minimum Gasteiger partial charge on any atom is -0.386 e. The molecule has 2 nitrogen and oxygen atoms in total. The molecule has 25 heavy (non-hydrogen) atoms. The summed E-state index contributed by atoms with van der Waals surface area (Å²) in [4.78, 5) is 0. The zero-order valence-corrected chi connectivity index (χ0v) is 14.7. The van der Waals surface area contributed by atoms with Crippen molar-refractivity contribution in [3.8, 4) is 0 Å². The Labute approximate surface area is 151 Å². The van der Waals surface area contributed by atoms with Crippen LogP contribution in [0.1, 0.15) is 30.6 Å². The van der Waals surface area contributed by atoms with Gasteiger partial charge in [-0.15, -0.1) is 6.58 Å². The van der Waals surface area contributed by atoms with Crippen molar-refractivity contribution in [2.75, 3.05) is 0 Å². The van der Waals surface area contributed by atoms with Crippen LogP contribution in [0.4, 0.5) is 8.78 Å². The predicted molar refractivity (Wildman–Crippen MR) is 95.8 cm³/mol. The van der Waals surface area contributed by atoms with Crippen molar-refractivity contribution >= 4 is 11.6 Å². The minimum atomic E-state index is -3.48. The lowest BCUT2D eigenvalue weighted by Crippen LogP contribution is -2.41. The summed E-state index contributed by atoms with van der Waals surface area (Å²) in [6, 6.07) is 15.1. The van der Waals surface area contributed by atoms with Crippen LogP contribution in [0.25, 0.3) is 0 Å². The highest BCUT2D eigenvalue weighted by Crippen LogP contribution is 2.40. The Morgan fingerprint density at radius 1 is 1.16 bits per heavy atom. The van der Waals surface area contributed by atoms with Crippen LogP contribution in [-0.4, -0.2) is 17.1 Å². The molecule has 1 N–H and O–H groups in total. The number of rotatable bonds is 8. The zero-order chi connectivity index (χ0) is 18.4. The van der Waals surface area contributed by atoms with Crippen LogP contribution in [0.3, 0.4) is 0 Å². The maximum absolute atomic E-state index is 14.9. The molecule has 0 aliphatic heterocycles. The van der Waals surface area contributed by atoms with Crippen LogP contribution in [0.2, 0.25) is 5.02 Å². The van der Waals surface area contributed by atoms with Crippen molar-refractivity contribution in [2.24, 2.45) is 0 Å². The molecule has 5 heteroatoms. The molecule has 0 aromatic heterocycles. The van der Waals surface area contributed by atoms with E-state index in [1.807, 2.05) is 18.2 Å². The van der Waals surface area contributed by atoms with Gasteiger partial charge in [0, 0.05) is 5.02 Å². The van der Waals surface area contributed by atoms with Gasteiger partial charge in [-0.05, 0) is 36.6 Å². The number of aliphatic hydroxyl groups excluding tert-OH is 1. The van der Waals surface area contributed by atoms with Gasteiger partial charge in [0.05, 0.1) is 6.61 Å². The van der Waals surface area contributed by atoms with Gasteiger partial charge < -0.3 is 9.84 Å². The van der Waals surface area contributed by atoms with Gasteiger partial charge in [-0.3, -0.25) is 0 Å². The Morgan fingerprint density at radius 3 is 2.32 bits per heavy atom. The molecule has 0 fully saturated rings. The second-order valence-electron chi connectivity index (χ2n) is 6.08. The molecule has 0 saturated heterocycles. The van der Waals surface area contributed by atoms with Crippen LogP contribution in [0.15, 0.2) is 66.7 Å². The van der Waals surface area contributed by atoms with E-state index in [2.05, 4.69) is 6.58 Å². The van der Waals surface area contributed by atoms with Crippen molar-refractivity contribution in [1.29, 1.82) is 0 Å². The molecular weight excluding hydrogens is 346 g/mol. The van der Waals surface area contributed by atoms with Crippen LogP contribution in [-0.2, 0) is 11.3 Å². The summed E-state index contributed by atoms with van der Waals surface area (Å²) in [6.45, 7) is 5.20. The number of hydrogen-bond donors (Lipinski definition) is 1. The second-order valence-corrected chi connectivity index (χ2v) is 6.52. The highest BCUT2D eigenvalue weighted by atomic mass is 35.5. The summed E-state index contributed by atoms with van der Waals surface area (Å²) in [5.74, 6) is -3.48. The largest absolute Gasteiger partial charge is 0.386 e. The van der Waals surface area contributed by atoms with E-state index < -0.39 is 18.1 Å². The summed E-state index contributed by atoms with van der Waals surface area (Å²) in [5.41, 5.74) is 1.50. The van der Waals surface area contributed by atoms with Gasteiger partial charge in [-0.2, -0.15) is 0 Å². The molecule has 2 atom stereocenters. The third-order valence-electron chi connectivity index (χ3n) is 3.77. The lowest BCUT2D eigenvalue weighted by atomic mass is 9.95. The number of aliphatic hydroxyl groups is 1. The highest BCUT2D eigenvalue weighted by molar-refractivity contribution is 6.30. The van der Waals surface area contributed by atoms with Gasteiger partial charge in [-0.25, -0.2) is 8.78 Å². The fourth-order valence-electron chi connectivity index (χ4n) is 2.46. The van der Waals surface area contributed by atoms with E-state index in [1.165, 1.54) is 24.3 Å². The number of halogens is 3. The summed E-state index contributed by atoms with van der Waals surface area (Å²) in [7, 11) is 0. The van der Waals surface area contributed by atoms with Crippen molar-refractivity contribution in [1.82, 2.24) is 0 Å². The topological polar surface area (TPSA) is 29.5 Å². The number of benzene rings is 2. The van der Waals surface area contributed by atoms with E-state index in [4.69, 9.17) is 16.3 Å². The van der Waals surface area contributed by atoms with Gasteiger partial charge in [0.2, 0.25) is 0 Å². The highest BCUT2D eigenvalue weighted by Gasteiger charge is 2.48. The Bertz CT molecular complexity index is 687. The van der Waals surface area contributed by atoms with Gasteiger partial charge in [0.15, 0.2) is 0 Å². The molecule has 2 rings (SSSR count). The Morgan fingerprint density at radius 2 is 1.76 bits per heavy atom. The van der Waals surface area contributed by atoms with Gasteiger partial charge in [0.25, 0.3) is 0 Å². The van der Waals surface area contributed by atoms with Crippen molar-refractivity contribution in [2.45, 2.75) is 38.1 Å². The molecule has 0 aliphatic rings. The summed E-state index contributed by atoms with van der Waals surface area (Å²) >= 11 is 5.85. The monoisotopic (exact) mass is 366 g/mol. The van der Waals surface area contributed by atoms with Gasteiger partial charge >= 0.3 is 5.92 Å². The molecule has 0 aliphatic carbocycles. The Balaban J connectivity index is 2.27. The van der Waals surface area contributed by atoms with Crippen LogP contribution >= 0.6 is 11.6 Å². The molecule has 2 aromatic carbocycles. The SMILES string of the molecule is C=C(C)C[C@H](O)C(F)(F)[C@H](OCc1ccccc1)c1ccc(Cl)cc1. The maximum atomic E-state index is 14.9. The van der Waals surface area contributed by atoms with Crippen LogP contribution < -0.4 is 0 Å². The van der Waals surface area contributed by atoms with Crippen LogP contribution in [0.5, 0.6) is 0 Å². The van der Waals surface area contributed by atoms with Crippen molar-refractivity contribution in [3.63, 3.8) is 0 Å². The number of ether oxygens (including phenoxy) is 1. The van der Waals surface area contributed by atoms with Gasteiger partial charge in [0.1, 0.15) is 12.2 Å². The first-order valence-corrected chi connectivity index (χ1v) is 8.29. The zero-order valence-electron chi connectivity index (χ0n) is 14.0. The molecule has 0 bridgehead atoms. The van der Waals surface area contributed by atoms with E-state index in [-0.39, 0.29) is 18.6 Å². The normalized spacial score (nSPS) is 14.1. The molecule has 0 amide bonds. The third-order valence-corrected chi connectivity index (χ3v) is 4.02. The third kappa shape index (κ3) is 5.36. The van der Waals surface area contributed by atoms with Crippen molar-refractivity contribution < 1.29 is 18.6 Å². The smallest absolute Gasteiger partial charge is 0.303 e. The van der Waals surface area contributed by atoms with Gasteiger partial charge in [-0.1, -0.05) is 59.6 Å². The molecule has 0 spiro atoms. The standard InChI is InChI=1S/C20H21ClF2O2/c1-14(2)12-18(24)20(22,23)19(16-8-10-17(21)11-9-16)25-13-15-6-4-3-5-7-15/h3-11,18-19,24H,1,12-13H2,2H3/t18-,19+/m0/s1. The lowest BCUT2D eigenvalue weighted by Gasteiger charge is -2.31. The first kappa shape index (κ1) is 19.6. The summed E-state index contributed by atoms with van der Waals surface area (Å²) in [6.07, 6.45) is -3.69. The Hall–Kier alpha value is -1.75. The average Bonchev–Trinajstić information content (AvgIpc) is 2.57. The molecule has 0 radical (unpaired) electrons. The molecular formula is C20H21ClF2O2. The van der Waals surface area contributed by atoms with Crippen LogP contribution in [0, 0.1) is 0 Å². The van der Waals surface area contributed by atoms with E-state index in [1.54, 1.807) is 19.1 Å². The maximum Gasteiger partial charge on any atom is 0.303 e. The van der Waals surface area contributed by atoms with E-state index in [0.29, 0.717) is 10.6 Å². The second kappa shape index (κ2) is 8.56. The minimum absolute atomic E-state index is 0.00349. The Kier molecular flexibility index (Phi) is 6.71. The predicted octanol–water partition coefficient (Wildman–Crippen LogP) is 5.56. The summed E-state index contributed by atoms with van der Waals surface area (Å²) < 4.78 is 35.3. The number of hydrogen-bond acceptors (Lipinski definition) is 2. The first-order valence-electron chi connectivity index (χ1n) is 7.92.